The summed E-state index contributed by atoms with van der Waals surface area (Å²) >= 11 is 1.40. The number of carbonyl (C=O) groups is 3. The molecule has 0 aromatic heterocycles. The summed E-state index contributed by atoms with van der Waals surface area (Å²) in [5.74, 6) is -0.632. The predicted octanol–water partition coefficient (Wildman–Crippen LogP) is 3.16. The van der Waals surface area contributed by atoms with Crippen molar-refractivity contribution < 1.29 is 22.2 Å². The summed E-state index contributed by atoms with van der Waals surface area (Å²) in [5, 5.41) is 0. The molecule has 1 heterocycles. The molecule has 2 atom stereocenters. The number of benzene rings is 1. The molecule has 0 aliphatic carbocycles. The molecule has 3 amide bonds. The number of halogens is 1. The average Bonchev–Trinajstić information content (AvgIpc) is 2.78. The molecular weight excluding hydrogens is 439 g/mol. The standard InChI is InChI=1S/C17H21IN2O5/c1-17(2,3)24-14(21)13-12(10-11-8-6-5-7-9-11)19(4)15(22)20(13)16(23)25-18/h5-9,12-13H,10H2,1-4H3. The number of urea groups is 1. The number of hydrogen-bond acceptors (Lipinski definition) is 5. The highest BCUT2D eigenvalue weighted by Gasteiger charge is 2.53. The van der Waals surface area contributed by atoms with Crippen LogP contribution in [-0.2, 0) is 19.0 Å². The number of nitrogens with zero attached hydrogens (tertiary/aromatic N) is 2. The van der Waals surface area contributed by atoms with Crippen LogP contribution in [0.1, 0.15) is 26.3 Å². The topological polar surface area (TPSA) is 76.2 Å². The van der Waals surface area contributed by atoms with Gasteiger partial charge >= 0.3 is 18.1 Å². The van der Waals surface area contributed by atoms with E-state index in [1.165, 1.54) is 27.9 Å². The highest BCUT2D eigenvalue weighted by molar-refractivity contribution is 14.1. The maximum absolute atomic E-state index is 12.7. The molecule has 1 fully saturated rings. The zero-order valence-corrected chi connectivity index (χ0v) is 16.7. The van der Waals surface area contributed by atoms with Crippen LogP contribution in [0.5, 0.6) is 0 Å². The van der Waals surface area contributed by atoms with E-state index in [2.05, 4.69) is 3.07 Å². The average molecular weight is 460 g/mol. The van der Waals surface area contributed by atoms with Crippen molar-refractivity contribution in [2.45, 2.75) is 44.9 Å². The highest BCUT2D eigenvalue weighted by Crippen LogP contribution is 2.28. The van der Waals surface area contributed by atoms with E-state index < -0.39 is 35.8 Å². The Labute approximate surface area is 160 Å². The SMILES string of the molecule is CN1C(=O)N(C(=O)OI)C(C(=O)OC(C)(C)C)C1Cc1ccccc1. The van der Waals surface area contributed by atoms with E-state index in [0.29, 0.717) is 6.42 Å². The smallest absolute Gasteiger partial charge is 0.428 e. The molecule has 136 valence electrons. The number of likely N-dealkylation sites (N-methyl/N-ethyl adjacent to an activating group) is 1. The fraction of sp³-hybridized carbons (Fsp3) is 0.471. The molecule has 0 N–H and O–H groups in total. The summed E-state index contributed by atoms with van der Waals surface area (Å²) in [6.07, 6.45) is -0.471. The van der Waals surface area contributed by atoms with Gasteiger partial charge in [0.1, 0.15) is 5.60 Å². The van der Waals surface area contributed by atoms with Crippen LogP contribution >= 0.6 is 23.0 Å². The van der Waals surface area contributed by atoms with E-state index in [1.54, 1.807) is 27.8 Å². The molecule has 2 unspecified atom stereocenters. The number of esters is 1. The minimum absolute atomic E-state index is 0.415. The monoisotopic (exact) mass is 460 g/mol. The van der Waals surface area contributed by atoms with E-state index in [1.807, 2.05) is 30.3 Å². The summed E-state index contributed by atoms with van der Waals surface area (Å²) in [4.78, 5) is 39.6. The minimum Gasteiger partial charge on any atom is -0.458 e. The van der Waals surface area contributed by atoms with Gasteiger partial charge in [0, 0.05) is 7.05 Å². The van der Waals surface area contributed by atoms with Gasteiger partial charge in [-0.25, -0.2) is 19.3 Å². The van der Waals surface area contributed by atoms with Crippen LogP contribution in [-0.4, -0.2) is 52.6 Å². The van der Waals surface area contributed by atoms with E-state index >= 15 is 0 Å². The van der Waals surface area contributed by atoms with Gasteiger partial charge < -0.3 is 12.7 Å². The van der Waals surface area contributed by atoms with Crippen molar-refractivity contribution in [1.82, 2.24) is 9.80 Å². The lowest BCUT2D eigenvalue weighted by Gasteiger charge is -2.27. The number of hydrogen-bond donors (Lipinski definition) is 0. The van der Waals surface area contributed by atoms with Gasteiger partial charge in [0.05, 0.1) is 6.04 Å². The van der Waals surface area contributed by atoms with Crippen molar-refractivity contribution >= 4 is 41.1 Å². The highest BCUT2D eigenvalue weighted by atomic mass is 127. The lowest BCUT2D eigenvalue weighted by atomic mass is 9.99. The molecule has 0 saturated carbocycles. The van der Waals surface area contributed by atoms with Crippen molar-refractivity contribution in [1.29, 1.82) is 0 Å². The second-order valence-electron chi connectivity index (χ2n) is 6.84. The molecule has 0 spiro atoms. The number of amides is 3. The Morgan fingerprint density at radius 2 is 1.80 bits per heavy atom. The van der Waals surface area contributed by atoms with Gasteiger partial charge in [0.25, 0.3) is 0 Å². The Balaban J connectivity index is 2.37. The summed E-state index contributed by atoms with van der Waals surface area (Å²) in [5.41, 5.74) is 0.212. The third kappa shape index (κ3) is 4.42. The molecule has 1 aromatic rings. The zero-order chi connectivity index (χ0) is 18.8. The Morgan fingerprint density at radius 3 is 2.32 bits per heavy atom. The van der Waals surface area contributed by atoms with Crippen LogP contribution in [0.4, 0.5) is 9.59 Å². The fourth-order valence-electron chi connectivity index (χ4n) is 2.77. The number of ether oxygens (including phenoxy) is 1. The largest absolute Gasteiger partial charge is 0.458 e. The first-order chi connectivity index (χ1) is 11.7. The van der Waals surface area contributed by atoms with Crippen LogP contribution in [0, 0.1) is 0 Å². The van der Waals surface area contributed by atoms with E-state index in [9.17, 15) is 14.4 Å². The molecular formula is C17H21IN2O5. The maximum Gasteiger partial charge on any atom is 0.428 e. The van der Waals surface area contributed by atoms with Gasteiger partial charge in [0.2, 0.25) is 0 Å². The Hall–Kier alpha value is -1.84. The molecule has 8 heteroatoms. The Morgan fingerprint density at radius 1 is 1.20 bits per heavy atom. The fourth-order valence-corrected chi connectivity index (χ4v) is 2.98. The first-order valence-corrected chi connectivity index (χ1v) is 8.69. The van der Waals surface area contributed by atoms with Gasteiger partial charge in [-0.1, -0.05) is 30.3 Å². The zero-order valence-electron chi connectivity index (χ0n) is 14.6. The van der Waals surface area contributed by atoms with Gasteiger partial charge in [0.15, 0.2) is 29.0 Å². The number of carbonyl (C=O) groups excluding carboxylic acids is 3. The van der Waals surface area contributed by atoms with Crippen LogP contribution < -0.4 is 0 Å². The van der Waals surface area contributed by atoms with Crippen molar-refractivity contribution in [3.05, 3.63) is 35.9 Å². The van der Waals surface area contributed by atoms with Crippen LogP contribution in [0.2, 0.25) is 0 Å². The van der Waals surface area contributed by atoms with Crippen molar-refractivity contribution in [3.8, 4) is 0 Å². The van der Waals surface area contributed by atoms with Crippen molar-refractivity contribution in [2.75, 3.05) is 7.05 Å². The van der Waals surface area contributed by atoms with Gasteiger partial charge in [-0.3, -0.25) is 0 Å². The van der Waals surface area contributed by atoms with Crippen molar-refractivity contribution in [2.24, 2.45) is 0 Å². The van der Waals surface area contributed by atoms with Crippen LogP contribution in [0.15, 0.2) is 30.3 Å². The molecule has 1 saturated heterocycles. The van der Waals surface area contributed by atoms with E-state index in [-0.39, 0.29) is 0 Å². The second-order valence-corrected chi connectivity index (χ2v) is 7.28. The molecule has 1 aliphatic heterocycles. The maximum atomic E-state index is 12.7. The summed E-state index contributed by atoms with van der Waals surface area (Å²) in [6.45, 7) is 5.20. The van der Waals surface area contributed by atoms with Gasteiger partial charge in [-0.15, -0.1) is 0 Å². The number of rotatable bonds is 3. The van der Waals surface area contributed by atoms with E-state index in [0.717, 1.165) is 10.5 Å². The Kier molecular flexibility index (Phi) is 5.91. The Bertz CT molecular complexity index is 659. The first-order valence-electron chi connectivity index (χ1n) is 7.81. The third-order valence-corrected chi connectivity index (χ3v) is 4.22. The summed E-state index contributed by atoms with van der Waals surface area (Å²) in [7, 11) is 1.56. The lowest BCUT2D eigenvalue weighted by Crippen LogP contribution is -2.49. The summed E-state index contributed by atoms with van der Waals surface area (Å²) in [6, 6.07) is 7.26. The molecule has 1 aliphatic rings. The lowest BCUT2D eigenvalue weighted by molar-refractivity contribution is -0.160. The quantitative estimate of drug-likeness (QED) is 0.512. The normalized spacial score (nSPS) is 20.6. The molecule has 2 rings (SSSR count). The van der Waals surface area contributed by atoms with Crippen LogP contribution in [0.3, 0.4) is 0 Å². The predicted molar refractivity (Wildman–Crippen MR) is 99.1 cm³/mol. The first kappa shape index (κ1) is 19.5. The third-order valence-electron chi connectivity index (χ3n) is 3.85. The molecule has 0 radical (unpaired) electrons. The molecule has 1 aromatic carbocycles. The second kappa shape index (κ2) is 7.59. The van der Waals surface area contributed by atoms with Gasteiger partial charge in [-0.2, -0.15) is 0 Å². The van der Waals surface area contributed by atoms with Gasteiger partial charge in [-0.05, 0) is 32.8 Å². The number of imide groups is 1. The van der Waals surface area contributed by atoms with E-state index in [4.69, 9.17) is 4.74 Å². The van der Waals surface area contributed by atoms with Crippen LogP contribution in [0.25, 0.3) is 0 Å². The minimum atomic E-state index is -1.07. The molecule has 0 bridgehead atoms. The summed E-state index contributed by atoms with van der Waals surface area (Å²) < 4.78 is 10.1. The van der Waals surface area contributed by atoms with Crippen molar-refractivity contribution in [3.63, 3.8) is 0 Å². The molecule has 25 heavy (non-hydrogen) atoms. The molecule has 7 nitrogen and oxygen atoms in total.